The number of aliphatic hydroxyl groups is 2. The summed E-state index contributed by atoms with van der Waals surface area (Å²) in [6.07, 6.45) is -1.14. The molecule has 0 saturated carbocycles. The summed E-state index contributed by atoms with van der Waals surface area (Å²) in [6, 6.07) is 15.4. The fraction of sp³-hybridized carbons (Fsp3) is 0.556. The Hall–Kier alpha value is -2.05. The molecule has 206 valence electrons. The minimum absolute atomic E-state index is 0.0617. The van der Waals surface area contributed by atoms with Gasteiger partial charge < -0.3 is 26.0 Å². The van der Waals surface area contributed by atoms with Gasteiger partial charge in [0.15, 0.2) is 0 Å². The van der Waals surface area contributed by atoms with Crippen LogP contribution >= 0.6 is 0 Å². The van der Waals surface area contributed by atoms with Gasteiger partial charge in [-0.25, -0.2) is 8.42 Å². The van der Waals surface area contributed by atoms with Gasteiger partial charge in [0, 0.05) is 51.0 Å². The Kier molecular flexibility index (Phi) is 11.3. The van der Waals surface area contributed by atoms with Crippen molar-refractivity contribution >= 4 is 15.7 Å². The molecule has 1 heterocycles. The number of ether oxygens (including phenoxy) is 1. The number of nitrogens with two attached hydrogens (primary N) is 1. The average molecular weight is 535 g/mol. The van der Waals surface area contributed by atoms with E-state index in [4.69, 9.17) is 10.5 Å². The van der Waals surface area contributed by atoms with Gasteiger partial charge in [-0.1, -0.05) is 44.2 Å². The number of β-amino-alcohol motifs (C(OH)–C–C–N with tert-alkyl or cyclic N) is 1. The van der Waals surface area contributed by atoms with Gasteiger partial charge in [0.05, 0.1) is 30.3 Å². The van der Waals surface area contributed by atoms with Crippen molar-refractivity contribution in [1.29, 1.82) is 0 Å². The molecule has 0 aromatic heterocycles. The van der Waals surface area contributed by atoms with E-state index in [0.717, 1.165) is 18.7 Å². The molecule has 5 N–H and O–H groups in total. The molecule has 0 spiro atoms. The molecule has 1 saturated heterocycles. The topological polar surface area (TPSA) is 128 Å². The molecular weight excluding hydrogens is 492 g/mol. The number of anilines is 1. The number of sulfonamides is 1. The van der Waals surface area contributed by atoms with Crippen LogP contribution in [0.15, 0.2) is 59.5 Å². The molecular formula is C27H42N4O5S. The van der Waals surface area contributed by atoms with Crippen LogP contribution in [0.2, 0.25) is 0 Å². The molecule has 10 heteroatoms. The summed E-state index contributed by atoms with van der Waals surface area (Å²) in [5, 5.41) is 25.3. The Labute approximate surface area is 221 Å². The van der Waals surface area contributed by atoms with Crippen LogP contribution in [-0.2, 0) is 21.2 Å². The predicted molar refractivity (Wildman–Crippen MR) is 146 cm³/mol. The van der Waals surface area contributed by atoms with E-state index in [2.05, 4.69) is 10.2 Å². The van der Waals surface area contributed by atoms with E-state index < -0.39 is 28.3 Å². The summed E-state index contributed by atoms with van der Waals surface area (Å²) in [7, 11) is -3.84. The van der Waals surface area contributed by atoms with Gasteiger partial charge in [-0.3, -0.25) is 4.90 Å². The molecule has 3 atom stereocenters. The second-order valence-corrected chi connectivity index (χ2v) is 12.1. The first-order valence-electron chi connectivity index (χ1n) is 12.9. The smallest absolute Gasteiger partial charge is 0.243 e. The molecule has 0 unspecified atom stereocenters. The van der Waals surface area contributed by atoms with Crippen LogP contribution in [-0.4, -0.2) is 98.6 Å². The number of benzene rings is 2. The molecule has 1 fully saturated rings. The molecule has 2 aromatic carbocycles. The summed E-state index contributed by atoms with van der Waals surface area (Å²) in [4.78, 5) is 2.30. The van der Waals surface area contributed by atoms with Crippen molar-refractivity contribution in [2.75, 3.05) is 58.2 Å². The quantitative estimate of drug-likeness (QED) is 0.266. The number of rotatable bonds is 14. The zero-order chi connectivity index (χ0) is 26.8. The number of nitrogens with zero attached hydrogens (tertiary/aromatic N) is 2. The highest BCUT2D eigenvalue weighted by Crippen LogP contribution is 2.20. The summed E-state index contributed by atoms with van der Waals surface area (Å²) in [5.41, 5.74) is 7.25. The van der Waals surface area contributed by atoms with Gasteiger partial charge in [-0.15, -0.1) is 0 Å². The Morgan fingerprint density at radius 3 is 2.30 bits per heavy atom. The van der Waals surface area contributed by atoms with Crippen molar-refractivity contribution in [3.05, 3.63) is 60.2 Å². The Balaban J connectivity index is 1.73. The second-order valence-electron chi connectivity index (χ2n) is 10.1. The van der Waals surface area contributed by atoms with Gasteiger partial charge in [0.2, 0.25) is 10.0 Å². The largest absolute Gasteiger partial charge is 0.399 e. The van der Waals surface area contributed by atoms with Crippen molar-refractivity contribution in [1.82, 2.24) is 14.5 Å². The molecule has 9 nitrogen and oxygen atoms in total. The standard InChI is InChI=1S/C27H42N4O5S/c1-21(2)18-31(37(34,35)25-10-8-23(28)9-11-25)20-27(33)26(16-22-6-4-3-5-7-22)29-17-24(32)19-30-12-14-36-15-13-30/h3-11,21,24,26-27,29,32-33H,12-20,28H2,1-2H3/t24-,26-,27+/m0/s1. The summed E-state index contributed by atoms with van der Waals surface area (Å²) >= 11 is 0. The molecule has 0 radical (unpaired) electrons. The summed E-state index contributed by atoms with van der Waals surface area (Å²) < 4.78 is 33.7. The number of morpholine rings is 1. The maximum absolute atomic E-state index is 13.5. The third kappa shape index (κ3) is 9.33. The zero-order valence-electron chi connectivity index (χ0n) is 21.9. The van der Waals surface area contributed by atoms with Gasteiger partial charge in [-0.05, 0) is 42.2 Å². The van der Waals surface area contributed by atoms with Crippen LogP contribution in [0.3, 0.4) is 0 Å². The van der Waals surface area contributed by atoms with Crippen LogP contribution in [0.5, 0.6) is 0 Å². The van der Waals surface area contributed by atoms with Crippen LogP contribution in [0.1, 0.15) is 19.4 Å². The Bertz CT molecular complexity index is 1030. The number of aliphatic hydroxyl groups excluding tert-OH is 2. The van der Waals surface area contributed by atoms with Crippen molar-refractivity contribution in [2.24, 2.45) is 5.92 Å². The fourth-order valence-electron chi connectivity index (χ4n) is 4.45. The molecule has 1 aliphatic heterocycles. The highest BCUT2D eigenvalue weighted by molar-refractivity contribution is 7.89. The van der Waals surface area contributed by atoms with Crippen molar-refractivity contribution in [3.63, 3.8) is 0 Å². The average Bonchev–Trinajstić information content (AvgIpc) is 2.87. The lowest BCUT2D eigenvalue weighted by molar-refractivity contribution is 0.0128. The predicted octanol–water partition coefficient (Wildman–Crippen LogP) is 1.17. The highest BCUT2D eigenvalue weighted by atomic mass is 32.2. The molecule has 1 aliphatic rings. The first-order chi connectivity index (χ1) is 17.6. The van der Waals surface area contributed by atoms with E-state index in [1.807, 2.05) is 44.2 Å². The third-order valence-electron chi connectivity index (χ3n) is 6.43. The number of nitrogen functional groups attached to an aromatic ring is 1. The van der Waals surface area contributed by atoms with E-state index in [-0.39, 0.29) is 30.4 Å². The molecule has 37 heavy (non-hydrogen) atoms. The minimum atomic E-state index is -3.84. The van der Waals surface area contributed by atoms with Gasteiger partial charge in [0.25, 0.3) is 0 Å². The monoisotopic (exact) mass is 534 g/mol. The lowest BCUT2D eigenvalue weighted by atomic mass is 10.0. The van der Waals surface area contributed by atoms with Gasteiger partial charge in [0.1, 0.15) is 0 Å². The fourth-order valence-corrected chi connectivity index (χ4v) is 6.07. The third-order valence-corrected chi connectivity index (χ3v) is 8.27. The van der Waals surface area contributed by atoms with Gasteiger partial charge in [-0.2, -0.15) is 4.31 Å². The second kappa shape index (κ2) is 14.2. The SMILES string of the molecule is CC(C)CN(C[C@@H](O)[C@H](Cc1ccccc1)NC[C@H](O)CN1CCOCC1)S(=O)(=O)c1ccc(N)cc1. The van der Waals surface area contributed by atoms with E-state index in [1.54, 1.807) is 12.1 Å². The van der Waals surface area contributed by atoms with Crippen molar-refractivity contribution in [2.45, 2.75) is 43.4 Å². The summed E-state index contributed by atoms with van der Waals surface area (Å²) in [5.74, 6) is 0.0617. The lowest BCUT2D eigenvalue weighted by Crippen LogP contribution is -2.52. The first kappa shape index (κ1) is 29.5. The molecule has 0 amide bonds. The zero-order valence-corrected chi connectivity index (χ0v) is 22.7. The maximum Gasteiger partial charge on any atom is 0.243 e. The Morgan fingerprint density at radius 1 is 1.03 bits per heavy atom. The van der Waals surface area contributed by atoms with Crippen molar-refractivity contribution < 1.29 is 23.4 Å². The van der Waals surface area contributed by atoms with Crippen molar-refractivity contribution in [3.8, 4) is 0 Å². The van der Waals surface area contributed by atoms with Crippen LogP contribution < -0.4 is 11.1 Å². The molecule has 0 aliphatic carbocycles. The van der Waals surface area contributed by atoms with Crippen LogP contribution in [0.4, 0.5) is 5.69 Å². The Morgan fingerprint density at radius 2 is 1.68 bits per heavy atom. The van der Waals surface area contributed by atoms with Crippen LogP contribution in [0.25, 0.3) is 0 Å². The normalized spacial score (nSPS) is 17.7. The summed E-state index contributed by atoms with van der Waals surface area (Å²) in [6.45, 7) is 7.74. The minimum Gasteiger partial charge on any atom is -0.399 e. The van der Waals surface area contributed by atoms with E-state index in [9.17, 15) is 18.6 Å². The van der Waals surface area contributed by atoms with E-state index >= 15 is 0 Å². The molecule has 0 bridgehead atoms. The lowest BCUT2D eigenvalue weighted by Gasteiger charge is -2.32. The maximum atomic E-state index is 13.5. The number of hydrogen-bond donors (Lipinski definition) is 4. The van der Waals surface area contributed by atoms with E-state index in [0.29, 0.717) is 31.9 Å². The van der Waals surface area contributed by atoms with E-state index in [1.165, 1.54) is 16.4 Å². The highest BCUT2D eigenvalue weighted by Gasteiger charge is 2.31. The number of hydrogen-bond acceptors (Lipinski definition) is 8. The molecule has 3 rings (SSSR count). The first-order valence-corrected chi connectivity index (χ1v) is 14.4. The molecule has 2 aromatic rings. The number of nitrogens with one attached hydrogen (secondary N) is 1. The van der Waals surface area contributed by atoms with Gasteiger partial charge >= 0.3 is 0 Å². The van der Waals surface area contributed by atoms with Crippen LogP contribution in [0, 0.1) is 5.92 Å².